The highest BCUT2D eigenvalue weighted by molar-refractivity contribution is 5.97. The number of nitrogen functional groups attached to an aromatic ring is 1. The lowest BCUT2D eigenvalue weighted by molar-refractivity contribution is -0.120. The normalized spacial score (nSPS) is 16.5. The van der Waals surface area contributed by atoms with Gasteiger partial charge < -0.3 is 15.8 Å². The standard InChI is InChI=1S/C19H21N3O3/c20-15-8-10-16(11-9-15)21-18(23)17-7-4-12-22(17)19(24)25-13-14-5-2-1-3-6-14/h1-3,5-6,8-11,17H,4,7,12-13,20H2,(H,21,23)/t17-/m0/s1. The summed E-state index contributed by atoms with van der Waals surface area (Å²) in [6.07, 6.45) is 0.945. The molecule has 1 atom stereocenters. The van der Waals surface area contributed by atoms with E-state index in [9.17, 15) is 9.59 Å². The number of carbonyl (C=O) groups excluding carboxylic acids is 2. The van der Waals surface area contributed by atoms with E-state index in [1.54, 1.807) is 24.3 Å². The third kappa shape index (κ3) is 4.29. The number of nitrogens with two attached hydrogens (primary N) is 1. The Balaban J connectivity index is 1.58. The SMILES string of the molecule is Nc1ccc(NC(=O)[C@@H]2CCCN2C(=O)OCc2ccccc2)cc1. The molecule has 1 aliphatic heterocycles. The molecule has 0 saturated carbocycles. The molecule has 0 spiro atoms. The van der Waals surface area contributed by atoms with Gasteiger partial charge >= 0.3 is 6.09 Å². The van der Waals surface area contributed by atoms with E-state index in [2.05, 4.69) is 5.32 Å². The van der Waals surface area contributed by atoms with Crippen LogP contribution in [0, 0.1) is 0 Å². The van der Waals surface area contributed by atoms with Crippen LogP contribution in [-0.4, -0.2) is 29.5 Å². The summed E-state index contributed by atoms with van der Waals surface area (Å²) < 4.78 is 5.35. The van der Waals surface area contributed by atoms with Crippen LogP contribution in [0.5, 0.6) is 0 Å². The number of amides is 2. The molecule has 1 fully saturated rings. The van der Waals surface area contributed by atoms with Gasteiger partial charge in [-0.3, -0.25) is 9.69 Å². The molecule has 25 heavy (non-hydrogen) atoms. The quantitative estimate of drug-likeness (QED) is 0.839. The van der Waals surface area contributed by atoms with Crippen molar-refractivity contribution in [3.05, 3.63) is 60.2 Å². The minimum atomic E-state index is -0.513. The van der Waals surface area contributed by atoms with Crippen LogP contribution < -0.4 is 11.1 Å². The average molecular weight is 339 g/mol. The first-order valence-corrected chi connectivity index (χ1v) is 8.27. The van der Waals surface area contributed by atoms with Crippen LogP contribution in [0.25, 0.3) is 0 Å². The van der Waals surface area contributed by atoms with E-state index in [1.165, 1.54) is 4.90 Å². The predicted octanol–water partition coefficient (Wildman–Crippen LogP) is 3.01. The predicted molar refractivity (Wildman–Crippen MR) is 95.8 cm³/mol. The van der Waals surface area contributed by atoms with Crippen LogP contribution in [0.1, 0.15) is 18.4 Å². The number of hydrogen-bond acceptors (Lipinski definition) is 4. The number of ether oxygens (including phenoxy) is 1. The van der Waals surface area contributed by atoms with Crippen LogP contribution in [0.4, 0.5) is 16.2 Å². The Morgan fingerprint density at radius 3 is 2.56 bits per heavy atom. The van der Waals surface area contributed by atoms with Crippen molar-refractivity contribution in [1.82, 2.24) is 4.90 Å². The van der Waals surface area contributed by atoms with Gasteiger partial charge in [0.15, 0.2) is 0 Å². The van der Waals surface area contributed by atoms with E-state index >= 15 is 0 Å². The van der Waals surface area contributed by atoms with Crippen LogP contribution in [0.15, 0.2) is 54.6 Å². The molecule has 0 bridgehead atoms. The molecule has 3 rings (SSSR count). The molecule has 0 unspecified atom stereocenters. The Kier molecular flexibility index (Phi) is 5.18. The Bertz CT molecular complexity index is 731. The van der Waals surface area contributed by atoms with Crippen molar-refractivity contribution in [3.63, 3.8) is 0 Å². The maximum Gasteiger partial charge on any atom is 0.410 e. The highest BCUT2D eigenvalue weighted by atomic mass is 16.6. The summed E-state index contributed by atoms with van der Waals surface area (Å²) in [5.74, 6) is -0.209. The van der Waals surface area contributed by atoms with E-state index in [-0.39, 0.29) is 12.5 Å². The first-order valence-electron chi connectivity index (χ1n) is 8.27. The molecule has 0 aliphatic carbocycles. The molecule has 0 aromatic heterocycles. The van der Waals surface area contributed by atoms with E-state index < -0.39 is 12.1 Å². The number of nitrogens with one attached hydrogen (secondary N) is 1. The highest BCUT2D eigenvalue weighted by Crippen LogP contribution is 2.21. The maximum absolute atomic E-state index is 12.5. The van der Waals surface area contributed by atoms with Crippen molar-refractivity contribution in [2.45, 2.75) is 25.5 Å². The molecule has 6 heteroatoms. The topological polar surface area (TPSA) is 84.7 Å². The van der Waals surface area contributed by atoms with Crippen molar-refractivity contribution in [3.8, 4) is 0 Å². The average Bonchev–Trinajstić information content (AvgIpc) is 3.12. The van der Waals surface area contributed by atoms with Crippen molar-refractivity contribution >= 4 is 23.4 Å². The summed E-state index contributed by atoms with van der Waals surface area (Å²) >= 11 is 0. The van der Waals surface area contributed by atoms with Crippen LogP contribution in [-0.2, 0) is 16.1 Å². The lowest BCUT2D eigenvalue weighted by Crippen LogP contribution is -2.43. The number of nitrogens with zero attached hydrogens (tertiary/aromatic N) is 1. The monoisotopic (exact) mass is 339 g/mol. The molecular formula is C19H21N3O3. The summed E-state index contributed by atoms with van der Waals surface area (Å²) in [7, 11) is 0. The van der Waals surface area contributed by atoms with Gasteiger partial charge in [-0.25, -0.2) is 4.79 Å². The summed E-state index contributed by atoms with van der Waals surface area (Å²) in [6, 6.07) is 15.9. The van der Waals surface area contributed by atoms with Gasteiger partial charge in [0.1, 0.15) is 12.6 Å². The molecule has 1 heterocycles. The molecule has 2 aromatic carbocycles. The zero-order chi connectivity index (χ0) is 17.6. The number of hydrogen-bond donors (Lipinski definition) is 2. The summed E-state index contributed by atoms with van der Waals surface area (Å²) in [4.78, 5) is 26.3. The molecule has 1 aliphatic rings. The lowest BCUT2D eigenvalue weighted by Gasteiger charge is -2.23. The fourth-order valence-electron chi connectivity index (χ4n) is 2.85. The van der Waals surface area contributed by atoms with Crippen LogP contribution in [0.3, 0.4) is 0 Å². The third-order valence-electron chi connectivity index (χ3n) is 4.17. The van der Waals surface area contributed by atoms with Crippen molar-refractivity contribution in [1.29, 1.82) is 0 Å². The van der Waals surface area contributed by atoms with Gasteiger partial charge in [0.05, 0.1) is 0 Å². The summed E-state index contributed by atoms with van der Waals surface area (Å²) in [5, 5.41) is 2.83. The van der Waals surface area contributed by atoms with Crippen LogP contribution >= 0.6 is 0 Å². The number of carbonyl (C=O) groups is 2. The molecule has 6 nitrogen and oxygen atoms in total. The van der Waals surface area contributed by atoms with E-state index in [4.69, 9.17) is 10.5 Å². The number of anilines is 2. The minimum absolute atomic E-state index is 0.197. The van der Waals surface area contributed by atoms with Crippen molar-refractivity contribution < 1.29 is 14.3 Å². The molecular weight excluding hydrogens is 318 g/mol. The fraction of sp³-hybridized carbons (Fsp3) is 0.263. The highest BCUT2D eigenvalue weighted by Gasteiger charge is 2.35. The Labute approximate surface area is 146 Å². The van der Waals surface area contributed by atoms with Crippen LogP contribution in [0.2, 0.25) is 0 Å². The lowest BCUT2D eigenvalue weighted by atomic mass is 10.2. The Hall–Kier alpha value is -3.02. The fourth-order valence-corrected chi connectivity index (χ4v) is 2.85. The molecule has 130 valence electrons. The van der Waals surface area contributed by atoms with Gasteiger partial charge in [-0.1, -0.05) is 30.3 Å². The van der Waals surface area contributed by atoms with Gasteiger partial charge in [-0.2, -0.15) is 0 Å². The first-order chi connectivity index (χ1) is 12.1. The number of benzene rings is 2. The zero-order valence-corrected chi connectivity index (χ0v) is 13.9. The van der Waals surface area contributed by atoms with Gasteiger partial charge in [0.25, 0.3) is 0 Å². The second-order valence-electron chi connectivity index (χ2n) is 6.00. The third-order valence-corrected chi connectivity index (χ3v) is 4.17. The van der Waals surface area contributed by atoms with Gasteiger partial charge in [0.2, 0.25) is 5.91 Å². The zero-order valence-electron chi connectivity index (χ0n) is 13.9. The van der Waals surface area contributed by atoms with E-state index in [0.29, 0.717) is 24.3 Å². The summed E-state index contributed by atoms with van der Waals surface area (Å²) in [5.41, 5.74) is 7.84. The maximum atomic E-state index is 12.5. The summed E-state index contributed by atoms with van der Waals surface area (Å²) in [6.45, 7) is 0.718. The Morgan fingerprint density at radius 2 is 1.84 bits per heavy atom. The first kappa shape index (κ1) is 16.8. The number of likely N-dealkylation sites (tertiary alicyclic amines) is 1. The van der Waals surface area contributed by atoms with Crippen molar-refractivity contribution in [2.24, 2.45) is 0 Å². The molecule has 1 saturated heterocycles. The van der Waals surface area contributed by atoms with Gasteiger partial charge in [-0.05, 0) is 42.7 Å². The van der Waals surface area contributed by atoms with E-state index in [1.807, 2.05) is 30.3 Å². The van der Waals surface area contributed by atoms with Gasteiger partial charge in [-0.15, -0.1) is 0 Å². The Morgan fingerprint density at radius 1 is 1.12 bits per heavy atom. The smallest absolute Gasteiger partial charge is 0.410 e. The van der Waals surface area contributed by atoms with Gasteiger partial charge in [0, 0.05) is 17.9 Å². The second-order valence-corrected chi connectivity index (χ2v) is 6.00. The second kappa shape index (κ2) is 7.70. The largest absolute Gasteiger partial charge is 0.445 e. The number of rotatable bonds is 4. The minimum Gasteiger partial charge on any atom is -0.445 e. The molecule has 3 N–H and O–H groups in total. The molecule has 2 aromatic rings. The molecule has 2 amide bonds. The molecule has 0 radical (unpaired) electrons. The van der Waals surface area contributed by atoms with E-state index in [0.717, 1.165) is 12.0 Å². The van der Waals surface area contributed by atoms with Crippen molar-refractivity contribution in [2.75, 3.05) is 17.6 Å².